The third-order valence-corrected chi connectivity index (χ3v) is 4.08. The maximum absolute atomic E-state index is 5.42. The van der Waals surface area contributed by atoms with E-state index in [1.807, 2.05) is 36.5 Å². The summed E-state index contributed by atoms with van der Waals surface area (Å²) in [6.45, 7) is 2.08. The molecule has 4 heteroatoms. The lowest BCUT2D eigenvalue weighted by molar-refractivity contribution is 0.324. The van der Waals surface area contributed by atoms with Crippen LogP contribution in [0, 0.1) is 6.92 Å². The van der Waals surface area contributed by atoms with E-state index in [1.165, 1.54) is 5.56 Å². The smallest absolute Gasteiger partial charge is 0.203 e. The average molecular weight is 335 g/mol. The van der Waals surface area contributed by atoms with Gasteiger partial charge in [0, 0.05) is 17.3 Å². The van der Waals surface area contributed by atoms with Gasteiger partial charge in [0.2, 0.25) is 5.75 Å². The third kappa shape index (κ3) is 3.43. The Morgan fingerprint density at radius 1 is 0.720 bits per heavy atom. The standard InChI is InChI=1S/C21H21NO3/c1-14-6-5-7-15(10-14)18-9-8-16(13-22-18)17-11-19(23-2)21(25-4)20(12-17)24-3/h5-13H,1-4H3. The second-order valence-corrected chi connectivity index (χ2v) is 5.72. The maximum atomic E-state index is 5.42. The van der Waals surface area contributed by atoms with Gasteiger partial charge >= 0.3 is 0 Å². The highest BCUT2D eigenvalue weighted by molar-refractivity contribution is 5.72. The van der Waals surface area contributed by atoms with Crippen molar-refractivity contribution in [3.05, 3.63) is 60.3 Å². The molecule has 128 valence electrons. The van der Waals surface area contributed by atoms with E-state index in [1.54, 1.807) is 21.3 Å². The number of aromatic nitrogens is 1. The van der Waals surface area contributed by atoms with Gasteiger partial charge in [0.05, 0.1) is 27.0 Å². The molecule has 0 aliphatic rings. The monoisotopic (exact) mass is 335 g/mol. The highest BCUT2D eigenvalue weighted by atomic mass is 16.5. The number of hydrogen-bond donors (Lipinski definition) is 0. The Kier molecular flexibility index (Phi) is 4.89. The van der Waals surface area contributed by atoms with Gasteiger partial charge in [-0.05, 0) is 36.8 Å². The van der Waals surface area contributed by atoms with Gasteiger partial charge < -0.3 is 14.2 Å². The fourth-order valence-corrected chi connectivity index (χ4v) is 2.79. The summed E-state index contributed by atoms with van der Waals surface area (Å²) in [6, 6.07) is 16.2. The molecule has 0 bridgehead atoms. The molecule has 0 spiro atoms. The molecule has 0 amide bonds. The molecular weight excluding hydrogens is 314 g/mol. The van der Waals surface area contributed by atoms with Gasteiger partial charge in [-0.2, -0.15) is 0 Å². The largest absolute Gasteiger partial charge is 0.493 e. The van der Waals surface area contributed by atoms with E-state index in [0.717, 1.165) is 22.4 Å². The molecule has 2 aromatic carbocycles. The summed E-state index contributed by atoms with van der Waals surface area (Å²) in [7, 11) is 4.82. The van der Waals surface area contributed by atoms with Crippen LogP contribution in [-0.2, 0) is 0 Å². The molecule has 25 heavy (non-hydrogen) atoms. The van der Waals surface area contributed by atoms with Crippen molar-refractivity contribution in [1.82, 2.24) is 4.98 Å². The first-order valence-electron chi connectivity index (χ1n) is 7.99. The number of pyridine rings is 1. The Balaban J connectivity index is 2.00. The molecule has 0 unspecified atom stereocenters. The van der Waals surface area contributed by atoms with Crippen molar-refractivity contribution in [1.29, 1.82) is 0 Å². The highest BCUT2D eigenvalue weighted by Gasteiger charge is 2.14. The molecule has 0 N–H and O–H groups in total. The summed E-state index contributed by atoms with van der Waals surface area (Å²) in [5.41, 5.74) is 5.21. The summed E-state index contributed by atoms with van der Waals surface area (Å²) in [5.74, 6) is 1.83. The van der Waals surface area contributed by atoms with E-state index in [0.29, 0.717) is 17.2 Å². The topological polar surface area (TPSA) is 40.6 Å². The number of methoxy groups -OCH3 is 3. The predicted molar refractivity (Wildman–Crippen MR) is 99.5 cm³/mol. The molecule has 0 saturated carbocycles. The van der Waals surface area contributed by atoms with Crippen molar-refractivity contribution in [2.75, 3.05) is 21.3 Å². The second-order valence-electron chi connectivity index (χ2n) is 5.72. The SMILES string of the molecule is COc1cc(-c2ccc(-c3cccc(C)c3)nc2)cc(OC)c1OC. The van der Waals surface area contributed by atoms with Crippen molar-refractivity contribution in [3.8, 4) is 39.6 Å². The van der Waals surface area contributed by atoms with Crippen LogP contribution < -0.4 is 14.2 Å². The number of nitrogens with zero attached hydrogens (tertiary/aromatic N) is 1. The van der Waals surface area contributed by atoms with Gasteiger partial charge in [-0.1, -0.05) is 29.8 Å². The first kappa shape index (κ1) is 16.8. The Hall–Kier alpha value is -3.01. The Labute approximate surface area is 148 Å². The summed E-state index contributed by atoms with van der Waals surface area (Å²) < 4.78 is 16.2. The van der Waals surface area contributed by atoms with Gasteiger partial charge in [0.25, 0.3) is 0 Å². The summed E-state index contributed by atoms with van der Waals surface area (Å²) in [6.07, 6.45) is 1.86. The molecule has 3 aromatic rings. The Morgan fingerprint density at radius 2 is 1.44 bits per heavy atom. The summed E-state index contributed by atoms with van der Waals surface area (Å²) in [5, 5.41) is 0. The van der Waals surface area contributed by atoms with Crippen molar-refractivity contribution >= 4 is 0 Å². The van der Waals surface area contributed by atoms with Crippen LogP contribution in [0.4, 0.5) is 0 Å². The normalized spacial score (nSPS) is 10.4. The van der Waals surface area contributed by atoms with Crippen LogP contribution >= 0.6 is 0 Å². The van der Waals surface area contributed by atoms with Gasteiger partial charge in [-0.25, -0.2) is 0 Å². The fourth-order valence-electron chi connectivity index (χ4n) is 2.79. The van der Waals surface area contributed by atoms with E-state index >= 15 is 0 Å². The maximum Gasteiger partial charge on any atom is 0.203 e. The van der Waals surface area contributed by atoms with E-state index in [-0.39, 0.29) is 0 Å². The summed E-state index contributed by atoms with van der Waals surface area (Å²) >= 11 is 0. The van der Waals surface area contributed by atoms with Crippen LogP contribution in [0.25, 0.3) is 22.4 Å². The molecule has 1 heterocycles. The zero-order chi connectivity index (χ0) is 17.8. The lowest BCUT2D eigenvalue weighted by atomic mass is 10.0. The van der Waals surface area contributed by atoms with E-state index in [9.17, 15) is 0 Å². The van der Waals surface area contributed by atoms with Crippen LogP contribution in [0.15, 0.2) is 54.7 Å². The first-order chi connectivity index (χ1) is 12.2. The average Bonchev–Trinajstić information content (AvgIpc) is 2.66. The van der Waals surface area contributed by atoms with Gasteiger partial charge in [-0.15, -0.1) is 0 Å². The van der Waals surface area contributed by atoms with Crippen LogP contribution in [0.1, 0.15) is 5.56 Å². The third-order valence-electron chi connectivity index (χ3n) is 4.08. The van der Waals surface area contributed by atoms with Crippen molar-refractivity contribution < 1.29 is 14.2 Å². The van der Waals surface area contributed by atoms with Crippen LogP contribution in [-0.4, -0.2) is 26.3 Å². The highest BCUT2D eigenvalue weighted by Crippen LogP contribution is 2.41. The van der Waals surface area contributed by atoms with Crippen LogP contribution in [0.2, 0.25) is 0 Å². The predicted octanol–water partition coefficient (Wildman–Crippen LogP) is 4.75. The minimum absolute atomic E-state index is 0.582. The van der Waals surface area contributed by atoms with Crippen molar-refractivity contribution in [2.24, 2.45) is 0 Å². The summed E-state index contributed by atoms with van der Waals surface area (Å²) in [4.78, 5) is 4.61. The lowest BCUT2D eigenvalue weighted by Gasteiger charge is -2.14. The second kappa shape index (κ2) is 7.26. The number of ether oxygens (including phenoxy) is 3. The fraction of sp³-hybridized carbons (Fsp3) is 0.190. The number of rotatable bonds is 5. The van der Waals surface area contributed by atoms with Crippen LogP contribution in [0.3, 0.4) is 0 Å². The molecule has 0 radical (unpaired) electrons. The zero-order valence-electron chi connectivity index (χ0n) is 14.9. The van der Waals surface area contributed by atoms with E-state index in [4.69, 9.17) is 14.2 Å². The van der Waals surface area contributed by atoms with Crippen molar-refractivity contribution in [2.45, 2.75) is 6.92 Å². The molecule has 0 aliphatic carbocycles. The number of benzene rings is 2. The first-order valence-corrected chi connectivity index (χ1v) is 7.99. The molecule has 3 rings (SSSR count). The molecular formula is C21H21NO3. The quantitative estimate of drug-likeness (QED) is 0.675. The molecule has 0 atom stereocenters. The van der Waals surface area contributed by atoms with E-state index < -0.39 is 0 Å². The molecule has 0 saturated heterocycles. The number of aryl methyl sites for hydroxylation is 1. The minimum atomic E-state index is 0.582. The molecule has 1 aromatic heterocycles. The van der Waals surface area contributed by atoms with Crippen molar-refractivity contribution in [3.63, 3.8) is 0 Å². The molecule has 0 aliphatic heterocycles. The van der Waals surface area contributed by atoms with E-state index in [2.05, 4.69) is 30.1 Å². The lowest BCUT2D eigenvalue weighted by Crippen LogP contribution is -1.96. The van der Waals surface area contributed by atoms with Crippen LogP contribution in [0.5, 0.6) is 17.2 Å². The zero-order valence-corrected chi connectivity index (χ0v) is 14.9. The van der Waals surface area contributed by atoms with Gasteiger partial charge in [0.15, 0.2) is 11.5 Å². The Bertz CT molecular complexity index is 848. The minimum Gasteiger partial charge on any atom is -0.493 e. The molecule has 0 fully saturated rings. The molecule has 4 nitrogen and oxygen atoms in total. The number of hydrogen-bond acceptors (Lipinski definition) is 4. The van der Waals surface area contributed by atoms with Gasteiger partial charge in [-0.3, -0.25) is 4.98 Å². The van der Waals surface area contributed by atoms with Gasteiger partial charge in [0.1, 0.15) is 0 Å². The Morgan fingerprint density at radius 3 is 1.96 bits per heavy atom.